The van der Waals surface area contributed by atoms with Crippen molar-refractivity contribution >= 4 is 29.3 Å². The predicted octanol–water partition coefficient (Wildman–Crippen LogP) is 3.72. The number of likely N-dealkylation sites (tertiary alicyclic amines) is 1. The smallest absolute Gasteiger partial charge is 0.250 e. The van der Waals surface area contributed by atoms with E-state index in [4.69, 9.17) is 12.2 Å². The Labute approximate surface area is 153 Å². The molecule has 1 N–H and O–H groups in total. The second kappa shape index (κ2) is 8.53. The summed E-state index contributed by atoms with van der Waals surface area (Å²) in [6.07, 6.45) is 10.2. The van der Waals surface area contributed by atoms with Crippen LogP contribution in [-0.4, -0.2) is 27.4 Å². The number of piperidine rings is 1. The number of hydrogen-bond donors (Lipinski definition) is 1. The van der Waals surface area contributed by atoms with Crippen molar-refractivity contribution in [2.24, 2.45) is 0 Å². The van der Waals surface area contributed by atoms with E-state index in [-0.39, 0.29) is 11.9 Å². The largest absolute Gasteiger partial charge is 0.342 e. The van der Waals surface area contributed by atoms with Crippen LogP contribution < -0.4 is 5.32 Å². The van der Waals surface area contributed by atoms with Gasteiger partial charge in [0.25, 0.3) is 0 Å². The van der Waals surface area contributed by atoms with E-state index in [0.29, 0.717) is 5.11 Å². The van der Waals surface area contributed by atoms with Gasteiger partial charge in [0.1, 0.15) is 0 Å². The van der Waals surface area contributed by atoms with Crippen LogP contribution in [0.1, 0.15) is 36.4 Å². The Kier molecular flexibility index (Phi) is 5.90. The molecule has 0 radical (unpaired) electrons. The summed E-state index contributed by atoms with van der Waals surface area (Å²) in [6.45, 7) is 0.848. The topological polar surface area (TPSA) is 45.2 Å². The molecule has 4 nitrogen and oxygen atoms in total. The molecule has 3 rings (SSSR count). The van der Waals surface area contributed by atoms with Crippen LogP contribution in [0.4, 0.5) is 0 Å². The van der Waals surface area contributed by atoms with Crippen molar-refractivity contribution < 1.29 is 4.79 Å². The van der Waals surface area contributed by atoms with Crippen LogP contribution in [0.5, 0.6) is 0 Å². The second-order valence-corrected chi connectivity index (χ2v) is 6.42. The number of carbonyl (C=O) groups is 1. The molecule has 0 aliphatic carbocycles. The van der Waals surface area contributed by atoms with Gasteiger partial charge >= 0.3 is 0 Å². The monoisotopic (exact) mass is 351 g/mol. The first-order valence-electron chi connectivity index (χ1n) is 8.48. The minimum absolute atomic E-state index is 0.174. The Morgan fingerprint density at radius 2 is 2.04 bits per heavy atom. The van der Waals surface area contributed by atoms with E-state index in [2.05, 4.69) is 21.3 Å². The highest BCUT2D eigenvalue weighted by atomic mass is 32.1. The van der Waals surface area contributed by atoms with E-state index in [1.165, 1.54) is 6.08 Å². The first-order valence-corrected chi connectivity index (χ1v) is 8.89. The summed E-state index contributed by atoms with van der Waals surface area (Å²) in [5.41, 5.74) is 2.12. The van der Waals surface area contributed by atoms with Crippen molar-refractivity contribution in [3.8, 4) is 0 Å². The molecular weight excluding hydrogens is 330 g/mol. The number of hydrogen-bond acceptors (Lipinski definition) is 3. The average Bonchev–Trinajstić information content (AvgIpc) is 2.68. The summed E-state index contributed by atoms with van der Waals surface area (Å²) >= 11 is 5.50. The molecule has 5 heteroatoms. The third kappa shape index (κ3) is 4.73. The normalized spacial score (nSPS) is 17.4. The van der Waals surface area contributed by atoms with Crippen LogP contribution in [0, 0.1) is 0 Å². The van der Waals surface area contributed by atoms with Crippen LogP contribution in [0.15, 0.2) is 60.9 Å². The van der Waals surface area contributed by atoms with E-state index in [9.17, 15) is 4.79 Å². The molecule has 1 atom stereocenters. The summed E-state index contributed by atoms with van der Waals surface area (Å²) < 4.78 is 0. The molecule has 1 aromatic carbocycles. The number of rotatable bonds is 3. The molecule has 25 heavy (non-hydrogen) atoms. The highest BCUT2D eigenvalue weighted by molar-refractivity contribution is 7.80. The maximum atomic E-state index is 12.2. The summed E-state index contributed by atoms with van der Waals surface area (Å²) in [6, 6.07) is 13.9. The summed E-state index contributed by atoms with van der Waals surface area (Å²) in [7, 11) is 0. The van der Waals surface area contributed by atoms with Gasteiger partial charge in [-0.15, -0.1) is 0 Å². The Hall–Kier alpha value is -2.53. The van der Waals surface area contributed by atoms with Crippen LogP contribution in [0.25, 0.3) is 6.08 Å². The van der Waals surface area contributed by atoms with Gasteiger partial charge in [-0.1, -0.05) is 36.4 Å². The van der Waals surface area contributed by atoms with Crippen LogP contribution >= 0.6 is 12.2 Å². The van der Waals surface area contributed by atoms with E-state index < -0.39 is 0 Å². The molecule has 1 saturated heterocycles. The maximum absolute atomic E-state index is 12.2. The van der Waals surface area contributed by atoms with Gasteiger partial charge in [-0.2, -0.15) is 0 Å². The van der Waals surface area contributed by atoms with Gasteiger partial charge < -0.3 is 4.90 Å². The Balaban J connectivity index is 1.64. The molecule has 2 heterocycles. The number of amides is 1. The molecule has 1 fully saturated rings. The molecule has 1 aliphatic rings. The van der Waals surface area contributed by atoms with Gasteiger partial charge in [0.05, 0.1) is 6.04 Å². The number of aromatic nitrogens is 1. The summed E-state index contributed by atoms with van der Waals surface area (Å²) in [5.74, 6) is -0.204. The van der Waals surface area contributed by atoms with Gasteiger partial charge in [0.2, 0.25) is 5.91 Å². The minimum atomic E-state index is -0.204. The fourth-order valence-corrected chi connectivity index (χ4v) is 3.37. The third-order valence-corrected chi connectivity index (χ3v) is 4.63. The van der Waals surface area contributed by atoms with Gasteiger partial charge in [-0.25, -0.2) is 0 Å². The second-order valence-electron chi connectivity index (χ2n) is 6.03. The molecule has 2 aromatic rings. The molecule has 128 valence electrons. The number of pyridine rings is 1. The van der Waals surface area contributed by atoms with Crippen LogP contribution in [0.2, 0.25) is 0 Å². The van der Waals surface area contributed by atoms with Gasteiger partial charge in [-0.3, -0.25) is 15.1 Å². The zero-order chi connectivity index (χ0) is 17.5. The summed E-state index contributed by atoms with van der Waals surface area (Å²) in [5, 5.41) is 3.31. The summed E-state index contributed by atoms with van der Waals surface area (Å²) in [4.78, 5) is 18.5. The van der Waals surface area contributed by atoms with Crippen molar-refractivity contribution in [1.29, 1.82) is 0 Å². The lowest BCUT2D eigenvalue weighted by Gasteiger charge is -2.37. The van der Waals surface area contributed by atoms with Crippen molar-refractivity contribution in [3.63, 3.8) is 0 Å². The lowest BCUT2D eigenvalue weighted by molar-refractivity contribution is -0.115. The molecular formula is C20H21N3OS. The number of nitrogens with one attached hydrogen (secondary N) is 1. The van der Waals surface area contributed by atoms with E-state index in [1.807, 2.05) is 42.6 Å². The van der Waals surface area contributed by atoms with Gasteiger partial charge in [-0.05, 0) is 54.7 Å². The van der Waals surface area contributed by atoms with Crippen molar-refractivity contribution in [2.75, 3.05) is 6.54 Å². The van der Waals surface area contributed by atoms with E-state index >= 15 is 0 Å². The molecule has 1 amide bonds. The number of carbonyl (C=O) groups excluding carboxylic acids is 1. The first-order chi connectivity index (χ1) is 12.2. The van der Waals surface area contributed by atoms with E-state index in [0.717, 1.165) is 36.9 Å². The number of benzene rings is 1. The molecule has 1 aliphatic heterocycles. The first kappa shape index (κ1) is 17.3. The van der Waals surface area contributed by atoms with Gasteiger partial charge in [0, 0.05) is 25.0 Å². The maximum Gasteiger partial charge on any atom is 0.250 e. The fraction of sp³-hybridized carbons (Fsp3) is 0.250. The number of thiocarbonyl (C=S) groups is 1. The van der Waals surface area contributed by atoms with Gasteiger partial charge in [0.15, 0.2) is 5.11 Å². The quantitative estimate of drug-likeness (QED) is 0.676. The van der Waals surface area contributed by atoms with E-state index in [1.54, 1.807) is 12.3 Å². The standard InChI is InChI=1S/C20H21N3OS/c24-19(12-11-16-7-2-1-3-8-16)22-20(25)23-14-5-4-10-18(23)17-9-6-13-21-15-17/h1-3,6-9,11-13,15,18H,4-5,10,14H2,(H,22,24,25)/b12-11+/t18-/m1/s1. The highest BCUT2D eigenvalue weighted by Crippen LogP contribution is 2.30. The minimum Gasteiger partial charge on any atom is -0.342 e. The number of nitrogens with zero attached hydrogens (tertiary/aromatic N) is 2. The Morgan fingerprint density at radius 1 is 1.20 bits per heavy atom. The Bertz CT molecular complexity index is 746. The molecule has 0 unspecified atom stereocenters. The predicted molar refractivity (Wildman–Crippen MR) is 104 cm³/mol. The zero-order valence-electron chi connectivity index (χ0n) is 14.0. The van der Waals surface area contributed by atoms with Crippen molar-refractivity contribution in [1.82, 2.24) is 15.2 Å². The molecule has 0 spiro atoms. The lowest BCUT2D eigenvalue weighted by atomic mass is 9.97. The lowest BCUT2D eigenvalue weighted by Crippen LogP contribution is -2.46. The third-order valence-electron chi connectivity index (χ3n) is 4.29. The SMILES string of the molecule is O=C(/C=C/c1ccccc1)NC(=S)N1CCCC[C@@H]1c1cccnc1. The fourth-order valence-electron chi connectivity index (χ4n) is 3.05. The van der Waals surface area contributed by atoms with Crippen molar-refractivity contribution in [2.45, 2.75) is 25.3 Å². The average molecular weight is 351 g/mol. The van der Waals surface area contributed by atoms with Crippen molar-refractivity contribution in [3.05, 3.63) is 72.1 Å². The zero-order valence-corrected chi connectivity index (χ0v) is 14.8. The highest BCUT2D eigenvalue weighted by Gasteiger charge is 2.26. The van der Waals surface area contributed by atoms with Crippen LogP contribution in [-0.2, 0) is 4.79 Å². The molecule has 1 aromatic heterocycles. The molecule has 0 bridgehead atoms. The Morgan fingerprint density at radius 3 is 2.80 bits per heavy atom. The van der Waals surface area contributed by atoms with Crippen LogP contribution in [0.3, 0.4) is 0 Å². The molecule has 0 saturated carbocycles.